The molecule has 0 heterocycles. The number of aromatic hydroxyl groups is 1. The van der Waals surface area contributed by atoms with E-state index < -0.39 is 22.3 Å². The van der Waals surface area contributed by atoms with Crippen LogP contribution in [0.5, 0.6) is 5.75 Å². The summed E-state index contributed by atoms with van der Waals surface area (Å²) in [6.45, 7) is 1.79. The van der Waals surface area contributed by atoms with Gasteiger partial charge < -0.3 is 10.4 Å². The maximum absolute atomic E-state index is 12.2. The van der Waals surface area contributed by atoms with Gasteiger partial charge in [-0.05, 0) is 36.3 Å². The van der Waals surface area contributed by atoms with E-state index in [9.17, 15) is 25.3 Å². The van der Waals surface area contributed by atoms with Gasteiger partial charge in [-0.2, -0.15) is 5.26 Å². The summed E-state index contributed by atoms with van der Waals surface area (Å²) in [6.07, 6.45) is 1.26. The van der Waals surface area contributed by atoms with Gasteiger partial charge in [0.1, 0.15) is 11.6 Å². The molecule has 0 fully saturated rings. The van der Waals surface area contributed by atoms with Crippen molar-refractivity contribution < 1.29 is 14.8 Å². The smallest absolute Gasteiger partial charge is 0.310 e. The maximum Gasteiger partial charge on any atom is 0.310 e. The first-order valence-electron chi connectivity index (χ1n) is 7.37. The number of nitrogens with one attached hydrogen (secondary N) is 1. The van der Waals surface area contributed by atoms with E-state index in [0.717, 1.165) is 17.7 Å². The Kier molecular flexibility index (Phi) is 5.48. The molecule has 0 spiro atoms. The Morgan fingerprint density at radius 1 is 1.32 bits per heavy atom. The summed E-state index contributed by atoms with van der Waals surface area (Å²) in [5, 5.41) is 32.2. The fourth-order valence-corrected chi connectivity index (χ4v) is 2.20. The lowest BCUT2D eigenvalue weighted by molar-refractivity contribution is -0.385. The van der Waals surface area contributed by atoms with Gasteiger partial charge in [-0.15, -0.1) is 0 Å². The van der Waals surface area contributed by atoms with Crippen LogP contribution in [-0.4, -0.2) is 15.9 Å². The number of hydrogen-bond acceptors (Lipinski definition) is 5. The summed E-state index contributed by atoms with van der Waals surface area (Å²) in [5.41, 5.74) is 0.581. The molecule has 0 aliphatic rings. The van der Waals surface area contributed by atoms with Crippen molar-refractivity contribution >= 4 is 17.7 Å². The number of phenolic OH excluding ortho intramolecular Hbond substituents is 1. The van der Waals surface area contributed by atoms with Crippen LogP contribution in [0.25, 0.3) is 6.08 Å². The number of amides is 1. The SMILES string of the molecule is CC(NC(=O)/C(C#N)=C/c1ccc([N+](=O)[O-])c(O)c1)c1ccccc1. The van der Waals surface area contributed by atoms with E-state index in [4.69, 9.17) is 0 Å². The number of nitro groups is 1. The molecule has 2 rings (SSSR count). The lowest BCUT2D eigenvalue weighted by atomic mass is 10.1. The van der Waals surface area contributed by atoms with Crippen LogP contribution in [0.4, 0.5) is 5.69 Å². The summed E-state index contributed by atoms with van der Waals surface area (Å²) in [6, 6.07) is 14.4. The van der Waals surface area contributed by atoms with Crippen molar-refractivity contribution in [2.24, 2.45) is 0 Å². The molecule has 7 heteroatoms. The van der Waals surface area contributed by atoms with Crippen LogP contribution in [0.3, 0.4) is 0 Å². The number of phenols is 1. The Hall–Kier alpha value is -3.66. The molecule has 2 aromatic carbocycles. The van der Waals surface area contributed by atoms with E-state index >= 15 is 0 Å². The normalized spacial score (nSPS) is 12.1. The van der Waals surface area contributed by atoms with Gasteiger partial charge in [0, 0.05) is 6.07 Å². The fourth-order valence-electron chi connectivity index (χ4n) is 2.20. The van der Waals surface area contributed by atoms with Crippen molar-refractivity contribution in [2.75, 3.05) is 0 Å². The van der Waals surface area contributed by atoms with Crippen LogP contribution in [0.1, 0.15) is 24.1 Å². The molecule has 7 nitrogen and oxygen atoms in total. The molecule has 2 aromatic rings. The highest BCUT2D eigenvalue weighted by molar-refractivity contribution is 6.01. The molecule has 0 saturated heterocycles. The average molecular weight is 337 g/mol. The standard InChI is InChI=1S/C18H15N3O4/c1-12(14-5-3-2-4-6-14)20-18(23)15(11-19)9-13-7-8-16(21(24)25)17(22)10-13/h2-10,12,22H,1H3,(H,20,23)/b15-9+. The molecule has 0 radical (unpaired) electrons. The summed E-state index contributed by atoms with van der Waals surface area (Å²) in [5.74, 6) is -1.11. The summed E-state index contributed by atoms with van der Waals surface area (Å²) >= 11 is 0. The number of rotatable bonds is 5. The van der Waals surface area contributed by atoms with Crippen LogP contribution in [0, 0.1) is 21.4 Å². The van der Waals surface area contributed by atoms with Crippen molar-refractivity contribution in [1.29, 1.82) is 5.26 Å². The Bertz CT molecular complexity index is 870. The first-order chi connectivity index (χ1) is 11.9. The molecule has 0 aromatic heterocycles. The summed E-state index contributed by atoms with van der Waals surface area (Å²) in [7, 11) is 0. The second-order valence-corrected chi connectivity index (χ2v) is 5.28. The lowest BCUT2D eigenvalue weighted by Gasteiger charge is -2.13. The minimum absolute atomic E-state index is 0.170. The quantitative estimate of drug-likeness (QED) is 0.376. The van der Waals surface area contributed by atoms with E-state index in [2.05, 4.69) is 5.32 Å². The topological polar surface area (TPSA) is 116 Å². The number of benzene rings is 2. The van der Waals surface area contributed by atoms with Crippen molar-refractivity contribution in [1.82, 2.24) is 5.32 Å². The van der Waals surface area contributed by atoms with Crippen molar-refractivity contribution in [2.45, 2.75) is 13.0 Å². The van der Waals surface area contributed by atoms with Crippen LogP contribution in [-0.2, 0) is 4.79 Å². The zero-order chi connectivity index (χ0) is 18.4. The molecule has 1 unspecified atom stereocenters. The van der Waals surface area contributed by atoms with E-state index in [0.29, 0.717) is 5.56 Å². The average Bonchev–Trinajstić information content (AvgIpc) is 2.60. The van der Waals surface area contributed by atoms with Crippen LogP contribution >= 0.6 is 0 Å². The third-order valence-electron chi connectivity index (χ3n) is 3.52. The molecule has 2 N–H and O–H groups in total. The molecule has 0 saturated carbocycles. The lowest BCUT2D eigenvalue weighted by Crippen LogP contribution is -2.27. The Labute approximate surface area is 144 Å². The second kappa shape index (κ2) is 7.75. The number of carbonyl (C=O) groups is 1. The highest BCUT2D eigenvalue weighted by Crippen LogP contribution is 2.27. The van der Waals surface area contributed by atoms with Gasteiger partial charge in [-0.1, -0.05) is 30.3 Å². The predicted molar refractivity (Wildman–Crippen MR) is 91.4 cm³/mol. The predicted octanol–water partition coefficient (Wildman–Crippen LogP) is 3.08. The van der Waals surface area contributed by atoms with Crippen molar-refractivity contribution in [3.63, 3.8) is 0 Å². The number of nitrogens with zero attached hydrogens (tertiary/aromatic N) is 2. The van der Waals surface area contributed by atoms with E-state index in [1.807, 2.05) is 30.3 Å². The third kappa shape index (κ3) is 4.42. The monoisotopic (exact) mass is 337 g/mol. The highest BCUT2D eigenvalue weighted by Gasteiger charge is 2.16. The molecule has 0 aliphatic heterocycles. The van der Waals surface area contributed by atoms with Crippen molar-refractivity contribution in [3.8, 4) is 11.8 Å². The molecule has 0 bridgehead atoms. The minimum atomic E-state index is -0.720. The van der Waals surface area contributed by atoms with Gasteiger partial charge in [-0.25, -0.2) is 0 Å². The number of nitriles is 1. The van der Waals surface area contributed by atoms with E-state index in [1.165, 1.54) is 12.1 Å². The van der Waals surface area contributed by atoms with E-state index in [-0.39, 0.29) is 11.6 Å². The van der Waals surface area contributed by atoms with Crippen molar-refractivity contribution in [3.05, 3.63) is 75.3 Å². The molecule has 1 amide bonds. The second-order valence-electron chi connectivity index (χ2n) is 5.28. The largest absolute Gasteiger partial charge is 0.502 e. The van der Waals surface area contributed by atoms with Gasteiger partial charge in [0.25, 0.3) is 5.91 Å². The van der Waals surface area contributed by atoms with Gasteiger partial charge >= 0.3 is 5.69 Å². The zero-order valence-electron chi connectivity index (χ0n) is 13.3. The Morgan fingerprint density at radius 3 is 2.56 bits per heavy atom. The first kappa shape index (κ1) is 17.7. The fraction of sp³-hybridized carbons (Fsp3) is 0.111. The Morgan fingerprint density at radius 2 is 2.00 bits per heavy atom. The zero-order valence-corrected chi connectivity index (χ0v) is 13.3. The van der Waals surface area contributed by atoms with Gasteiger partial charge in [-0.3, -0.25) is 14.9 Å². The third-order valence-corrected chi connectivity index (χ3v) is 3.52. The van der Waals surface area contributed by atoms with Crippen LogP contribution < -0.4 is 5.32 Å². The van der Waals surface area contributed by atoms with Crippen LogP contribution in [0.15, 0.2) is 54.1 Å². The van der Waals surface area contributed by atoms with Crippen LogP contribution in [0.2, 0.25) is 0 Å². The molecule has 25 heavy (non-hydrogen) atoms. The summed E-state index contributed by atoms with van der Waals surface area (Å²) < 4.78 is 0. The molecular weight excluding hydrogens is 322 g/mol. The maximum atomic E-state index is 12.2. The Balaban J connectivity index is 2.20. The molecular formula is C18H15N3O4. The number of nitro benzene ring substituents is 1. The molecule has 1 atom stereocenters. The van der Waals surface area contributed by atoms with Gasteiger partial charge in [0.05, 0.1) is 11.0 Å². The number of hydrogen-bond donors (Lipinski definition) is 2. The minimum Gasteiger partial charge on any atom is -0.502 e. The first-order valence-corrected chi connectivity index (χ1v) is 7.37. The number of carbonyl (C=O) groups excluding carboxylic acids is 1. The highest BCUT2D eigenvalue weighted by atomic mass is 16.6. The molecule has 0 aliphatic carbocycles. The summed E-state index contributed by atoms with van der Waals surface area (Å²) in [4.78, 5) is 22.2. The van der Waals surface area contributed by atoms with E-state index in [1.54, 1.807) is 13.0 Å². The molecule has 126 valence electrons. The van der Waals surface area contributed by atoms with Gasteiger partial charge in [0.15, 0.2) is 5.75 Å². The van der Waals surface area contributed by atoms with Gasteiger partial charge in [0.2, 0.25) is 0 Å².